The summed E-state index contributed by atoms with van der Waals surface area (Å²) in [4.78, 5) is 55.0. The van der Waals surface area contributed by atoms with Crippen LogP contribution in [-0.2, 0) is 35.0 Å². The van der Waals surface area contributed by atoms with Gasteiger partial charge in [0.15, 0.2) is 0 Å². The zero-order valence-corrected chi connectivity index (χ0v) is 25.2. The molecule has 2 N–H and O–H groups in total. The van der Waals surface area contributed by atoms with E-state index >= 15 is 0 Å². The highest BCUT2D eigenvalue weighted by Crippen LogP contribution is 2.52. The van der Waals surface area contributed by atoms with Gasteiger partial charge in [0.2, 0.25) is 18.6 Å². The summed E-state index contributed by atoms with van der Waals surface area (Å²) in [5.74, 6) is -2.00. The highest BCUT2D eigenvalue weighted by Gasteiger charge is 2.60. The Bertz CT molecular complexity index is 1270. The summed E-state index contributed by atoms with van der Waals surface area (Å²) in [6.07, 6.45) is 1.84. The average molecular weight is 602 g/mol. The minimum Gasteiger partial charge on any atom is -0.426 e. The Kier molecular flexibility index (Phi) is 9.14. The molecule has 0 spiro atoms. The molecule has 228 valence electrons. The topological polar surface area (TPSA) is 135 Å². The Labute approximate surface area is 249 Å². The van der Waals surface area contributed by atoms with Gasteiger partial charge in [0.1, 0.15) is 11.8 Å². The molecule has 0 saturated carbocycles. The number of amides is 2. The average Bonchev–Trinajstić information content (AvgIpc) is 3.43. The lowest BCUT2D eigenvalue weighted by atomic mass is 9.79. The molecule has 3 aliphatic heterocycles. The lowest BCUT2D eigenvalue weighted by Crippen LogP contribution is -2.63. The van der Waals surface area contributed by atoms with Crippen molar-refractivity contribution in [2.75, 3.05) is 27.4 Å². The molecular formula is C30H39N3O8S. The second kappa shape index (κ2) is 12.6. The summed E-state index contributed by atoms with van der Waals surface area (Å²) in [7, 11) is 3.42. The fourth-order valence-corrected chi connectivity index (χ4v) is 7.97. The van der Waals surface area contributed by atoms with E-state index in [1.165, 1.54) is 16.7 Å². The van der Waals surface area contributed by atoms with Gasteiger partial charge >= 0.3 is 12.1 Å². The molecule has 0 radical (unpaired) electrons. The number of hydrogen-bond donors (Lipinski definition) is 2. The Morgan fingerprint density at radius 1 is 1.19 bits per heavy atom. The van der Waals surface area contributed by atoms with E-state index in [0.717, 1.165) is 30.4 Å². The van der Waals surface area contributed by atoms with Gasteiger partial charge in [0, 0.05) is 36.7 Å². The fraction of sp³-hybridized carbons (Fsp3) is 0.600. The van der Waals surface area contributed by atoms with E-state index in [-0.39, 0.29) is 40.8 Å². The third kappa shape index (κ3) is 5.89. The molecule has 1 aliphatic carbocycles. The first-order valence-corrected chi connectivity index (χ1v) is 15.4. The molecular weight excluding hydrogens is 562 g/mol. The highest BCUT2D eigenvalue weighted by molar-refractivity contribution is 8.03. The predicted octanol–water partition coefficient (Wildman–Crippen LogP) is 2.73. The van der Waals surface area contributed by atoms with Crippen molar-refractivity contribution in [1.29, 1.82) is 0 Å². The minimum atomic E-state index is -0.937. The number of fused-ring (bicyclic) bond motifs is 2. The molecule has 1 aromatic carbocycles. The summed E-state index contributed by atoms with van der Waals surface area (Å²) in [6, 6.07) is 7.15. The van der Waals surface area contributed by atoms with Crippen LogP contribution in [0.1, 0.15) is 56.8 Å². The molecule has 1 aromatic rings. The molecule has 2 saturated heterocycles. The Morgan fingerprint density at radius 3 is 2.69 bits per heavy atom. The van der Waals surface area contributed by atoms with Crippen molar-refractivity contribution in [3.05, 3.63) is 46.0 Å². The third-order valence-electron chi connectivity index (χ3n) is 8.59. The smallest absolute Gasteiger partial charge is 0.426 e. The second-order valence-corrected chi connectivity index (χ2v) is 13.0. The summed E-state index contributed by atoms with van der Waals surface area (Å²) >= 11 is 1.45. The number of thioether (sulfide) groups is 1. The molecule has 12 heteroatoms. The number of carbonyl (C=O) groups excluding carboxylic acids is 4. The maximum atomic E-state index is 13.4. The molecule has 4 aliphatic rings. The Morgan fingerprint density at radius 2 is 1.95 bits per heavy atom. The molecule has 3 heterocycles. The van der Waals surface area contributed by atoms with Crippen LogP contribution in [0.3, 0.4) is 0 Å². The zero-order valence-electron chi connectivity index (χ0n) is 24.4. The van der Waals surface area contributed by atoms with Crippen molar-refractivity contribution in [2.45, 2.75) is 75.5 Å². The zero-order chi connectivity index (χ0) is 30.1. The molecule has 0 aromatic heterocycles. The lowest BCUT2D eigenvalue weighted by molar-refractivity contribution is -0.167. The molecule has 0 unspecified atom stereocenters. The van der Waals surface area contributed by atoms with Gasteiger partial charge in [-0.15, -0.1) is 11.8 Å². The number of hydrogen-bond acceptors (Lipinski definition) is 10. The van der Waals surface area contributed by atoms with Crippen LogP contribution in [-0.4, -0.2) is 89.7 Å². The van der Waals surface area contributed by atoms with Crippen LogP contribution in [0.2, 0.25) is 0 Å². The van der Waals surface area contributed by atoms with Crippen molar-refractivity contribution in [2.24, 2.45) is 11.8 Å². The van der Waals surface area contributed by atoms with Crippen molar-refractivity contribution in [1.82, 2.24) is 15.1 Å². The van der Waals surface area contributed by atoms with Crippen LogP contribution in [0.25, 0.3) is 0 Å². The number of ether oxygens (including phenoxy) is 3. The van der Waals surface area contributed by atoms with E-state index in [2.05, 4.69) is 5.32 Å². The summed E-state index contributed by atoms with van der Waals surface area (Å²) < 4.78 is 16.1. The number of nitrogens with one attached hydrogen (secondary N) is 1. The minimum absolute atomic E-state index is 0.00775. The Balaban J connectivity index is 1.24. The highest BCUT2D eigenvalue weighted by atomic mass is 32.2. The van der Waals surface area contributed by atoms with Gasteiger partial charge in [-0.25, -0.2) is 9.59 Å². The number of aliphatic hydroxyl groups is 1. The van der Waals surface area contributed by atoms with Crippen LogP contribution in [0.15, 0.2) is 34.9 Å². The molecule has 11 nitrogen and oxygen atoms in total. The number of carbonyl (C=O) groups is 4. The van der Waals surface area contributed by atoms with Crippen molar-refractivity contribution >= 4 is 35.7 Å². The summed E-state index contributed by atoms with van der Waals surface area (Å²) in [5, 5.41) is 13.5. The third-order valence-corrected chi connectivity index (χ3v) is 10.1. The lowest BCUT2D eigenvalue weighted by Gasteiger charge is -2.46. The van der Waals surface area contributed by atoms with Gasteiger partial charge < -0.3 is 34.4 Å². The molecule has 0 bridgehead atoms. The molecule has 5 rings (SSSR count). The molecule has 2 amide bonds. The van der Waals surface area contributed by atoms with E-state index in [0.29, 0.717) is 24.3 Å². The molecule has 7 atom stereocenters. The number of aliphatic hydroxyl groups excluding tert-OH is 1. The first kappa shape index (κ1) is 30.4. The SMILES string of the molecule is C[C@@H](O)[C@H]1C(=O)N2C(C(=O)OCOC(=O)O[C@H]3CCCCc4ccccc43)=C(S[C@@H]3CN[C@H](C(=O)N(C)C)C3)[C@H](C)[C@H]12. The monoisotopic (exact) mass is 601 g/mol. The van der Waals surface area contributed by atoms with Gasteiger partial charge in [-0.05, 0) is 50.2 Å². The molecule has 42 heavy (non-hydrogen) atoms. The Hall–Kier alpha value is -3.09. The summed E-state index contributed by atoms with van der Waals surface area (Å²) in [6.45, 7) is 3.38. The van der Waals surface area contributed by atoms with Crippen molar-refractivity contribution in [3.8, 4) is 0 Å². The number of aryl methyl sites for hydroxylation is 1. The van der Waals surface area contributed by atoms with Gasteiger partial charge in [-0.3, -0.25) is 9.59 Å². The predicted molar refractivity (Wildman–Crippen MR) is 154 cm³/mol. The number of β-lactam (4-membered cyclic amide) rings is 1. The number of likely N-dealkylation sites (N-methyl/N-ethyl adjacent to an activating group) is 1. The standard InChI is InChI=1S/C30H39N3O8S/c1-16-24-23(17(2)34)28(36)33(24)25(26(16)42-19-13-21(31-14-19)27(35)32(3)4)29(37)39-15-40-30(38)41-22-12-8-6-10-18-9-5-7-11-20(18)22/h5,7,9,11,16-17,19,21-24,31,34H,6,8,10,12-15H2,1-4H3/t16-,17-,19+,21+,22+,23-,24-/m1/s1. The van der Waals surface area contributed by atoms with E-state index in [9.17, 15) is 24.3 Å². The van der Waals surface area contributed by atoms with Gasteiger partial charge in [-0.1, -0.05) is 31.2 Å². The van der Waals surface area contributed by atoms with E-state index < -0.39 is 37.0 Å². The van der Waals surface area contributed by atoms with Gasteiger partial charge in [-0.2, -0.15) is 0 Å². The van der Waals surface area contributed by atoms with Crippen LogP contribution in [0.5, 0.6) is 0 Å². The second-order valence-electron chi connectivity index (χ2n) is 11.6. The number of esters is 1. The van der Waals surface area contributed by atoms with Crippen molar-refractivity contribution < 1.29 is 38.5 Å². The number of benzene rings is 1. The number of rotatable bonds is 8. The normalized spacial score (nSPS) is 29.2. The maximum Gasteiger partial charge on any atom is 0.511 e. The van der Waals surface area contributed by atoms with Gasteiger partial charge in [0.25, 0.3) is 0 Å². The largest absolute Gasteiger partial charge is 0.511 e. The van der Waals surface area contributed by atoms with E-state index in [4.69, 9.17) is 14.2 Å². The van der Waals surface area contributed by atoms with Crippen LogP contribution >= 0.6 is 11.8 Å². The first-order chi connectivity index (χ1) is 20.1. The van der Waals surface area contributed by atoms with Crippen LogP contribution < -0.4 is 5.32 Å². The van der Waals surface area contributed by atoms with E-state index in [1.807, 2.05) is 31.2 Å². The molecule has 2 fully saturated rings. The fourth-order valence-electron chi connectivity index (χ4n) is 6.49. The quantitative estimate of drug-likeness (QED) is 0.198. The van der Waals surface area contributed by atoms with Crippen LogP contribution in [0, 0.1) is 11.8 Å². The van der Waals surface area contributed by atoms with Crippen LogP contribution in [0.4, 0.5) is 4.79 Å². The van der Waals surface area contributed by atoms with Gasteiger partial charge in [0.05, 0.1) is 24.1 Å². The first-order valence-electron chi connectivity index (χ1n) is 14.5. The maximum absolute atomic E-state index is 13.4. The van der Waals surface area contributed by atoms with E-state index in [1.54, 1.807) is 25.9 Å². The number of nitrogens with zero attached hydrogens (tertiary/aromatic N) is 2. The summed E-state index contributed by atoms with van der Waals surface area (Å²) in [5.41, 5.74) is 2.21. The van der Waals surface area contributed by atoms with Crippen molar-refractivity contribution in [3.63, 3.8) is 0 Å².